The zero-order valence-corrected chi connectivity index (χ0v) is 9.28. The van der Waals surface area contributed by atoms with Crippen LogP contribution in [0, 0.1) is 0 Å². The van der Waals surface area contributed by atoms with E-state index in [1.807, 2.05) is 29.2 Å². The Bertz CT molecular complexity index is 372. The lowest BCUT2D eigenvalue weighted by Gasteiger charge is -2.17. The number of rotatable bonds is 3. The van der Waals surface area contributed by atoms with Gasteiger partial charge in [-0.15, -0.1) is 0 Å². The zero-order chi connectivity index (χ0) is 11.4. The van der Waals surface area contributed by atoms with Crippen molar-refractivity contribution in [1.82, 2.24) is 10.3 Å². The first-order valence-electron chi connectivity index (χ1n) is 5.63. The molecule has 1 saturated heterocycles. The Kier molecular flexibility index (Phi) is 3.54. The lowest BCUT2D eigenvalue weighted by Crippen LogP contribution is -2.30. The molecule has 0 aromatic heterocycles. The van der Waals surface area contributed by atoms with Crippen molar-refractivity contribution in [3.05, 3.63) is 35.4 Å². The van der Waals surface area contributed by atoms with Gasteiger partial charge in [-0.05, 0) is 24.5 Å². The van der Waals surface area contributed by atoms with E-state index in [1.54, 1.807) is 0 Å². The molecule has 0 saturated carbocycles. The number of benzene rings is 1. The molecule has 0 spiro atoms. The van der Waals surface area contributed by atoms with E-state index in [1.165, 1.54) is 0 Å². The molecular formula is C12H17N3O. The van der Waals surface area contributed by atoms with Crippen molar-refractivity contribution in [2.24, 2.45) is 5.84 Å². The van der Waals surface area contributed by atoms with E-state index in [9.17, 15) is 4.79 Å². The van der Waals surface area contributed by atoms with Crippen molar-refractivity contribution in [3.8, 4) is 0 Å². The number of hydrogen-bond donors (Lipinski definition) is 2. The summed E-state index contributed by atoms with van der Waals surface area (Å²) in [5, 5.41) is 0. The van der Waals surface area contributed by atoms with Crippen LogP contribution in [0.25, 0.3) is 0 Å². The minimum atomic E-state index is 0.128. The number of hydrogen-bond acceptors (Lipinski definition) is 3. The van der Waals surface area contributed by atoms with Crippen molar-refractivity contribution < 1.29 is 4.79 Å². The average Bonchev–Trinajstić information content (AvgIpc) is 2.83. The van der Waals surface area contributed by atoms with E-state index in [-0.39, 0.29) is 5.91 Å². The third kappa shape index (κ3) is 2.23. The summed E-state index contributed by atoms with van der Waals surface area (Å²) >= 11 is 0. The highest BCUT2D eigenvalue weighted by Gasteiger charge is 2.20. The maximum Gasteiger partial charge on any atom is 0.254 e. The molecule has 0 atom stereocenters. The summed E-state index contributed by atoms with van der Waals surface area (Å²) in [4.78, 5) is 14.1. The van der Waals surface area contributed by atoms with Gasteiger partial charge < -0.3 is 4.90 Å². The van der Waals surface area contributed by atoms with E-state index >= 15 is 0 Å². The number of carbonyl (C=O) groups excluding carboxylic acids is 1. The molecule has 1 aliphatic heterocycles. The summed E-state index contributed by atoms with van der Waals surface area (Å²) in [5.74, 6) is 5.44. The van der Waals surface area contributed by atoms with Crippen LogP contribution in [-0.4, -0.2) is 23.9 Å². The fourth-order valence-corrected chi connectivity index (χ4v) is 2.08. The largest absolute Gasteiger partial charge is 0.339 e. The van der Waals surface area contributed by atoms with Gasteiger partial charge in [0, 0.05) is 25.2 Å². The summed E-state index contributed by atoms with van der Waals surface area (Å²) in [7, 11) is 0. The molecule has 1 aliphatic rings. The molecule has 1 fully saturated rings. The number of amides is 1. The quantitative estimate of drug-likeness (QED) is 0.586. The van der Waals surface area contributed by atoms with Crippen LogP contribution in [0.3, 0.4) is 0 Å². The minimum Gasteiger partial charge on any atom is -0.339 e. The van der Waals surface area contributed by atoms with Gasteiger partial charge in [0.05, 0.1) is 0 Å². The molecule has 4 nitrogen and oxygen atoms in total. The van der Waals surface area contributed by atoms with Crippen LogP contribution in [0.5, 0.6) is 0 Å². The number of carbonyl (C=O) groups is 1. The summed E-state index contributed by atoms with van der Waals surface area (Å²) < 4.78 is 0. The van der Waals surface area contributed by atoms with Gasteiger partial charge >= 0.3 is 0 Å². The monoisotopic (exact) mass is 219 g/mol. The van der Waals surface area contributed by atoms with E-state index in [4.69, 9.17) is 5.84 Å². The van der Waals surface area contributed by atoms with Gasteiger partial charge in [-0.2, -0.15) is 0 Å². The average molecular weight is 219 g/mol. The summed E-state index contributed by atoms with van der Waals surface area (Å²) in [6.45, 7) is 2.28. The standard InChI is InChI=1S/C12H17N3O/c13-14-9-10-5-1-2-6-11(10)12(16)15-7-3-4-8-15/h1-2,5-6,14H,3-4,7-9,13H2. The zero-order valence-electron chi connectivity index (χ0n) is 9.28. The maximum absolute atomic E-state index is 12.2. The number of nitrogens with two attached hydrogens (primary N) is 1. The Labute approximate surface area is 95.4 Å². The van der Waals surface area contributed by atoms with Crippen LogP contribution >= 0.6 is 0 Å². The number of nitrogens with one attached hydrogen (secondary N) is 1. The van der Waals surface area contributed by atoms with Crippen molar-refractivity contribution in [3.63, 3.8) is 0 Å². The van der Waals surface area contributed by atoms with Gasteiger partial charge in [-0.3, -0.25) is 16.1 Å². The molecule has 1 amide bonds. The fraction of sp³-hybridized carbons (Fsp3) is 0.417. The Morgan fingerprint density at radius 1 is 1.31 bits per heavy atom. The Morgan fingerprint density at radius 3 is 2.69 bits per heavy atom. The molecule has 0 aliphatic carbocycles. The van der Waals surface area contributed by atoms with Gasteiger partial charge in [-0.25, -0.2) is 0 Å². The second kappa shape index (κ2) is 5.09. The van der Waals surface area contributed by atoms with Crippen molar-refractivity contribution >= 4 is 5.91 Å². The first kappa shape index (κ1) is 11.1. The highest BCUT2D eigenvalue weighted by Crippen LogP contribution is 2.16. The van der Waals surface area contributed by atoms with Gasteiger partial charge in [0.1, 0.15) is 0 Å². The molecule has 0 radical (unpaired) electrons. The van der Waals surface area contributed by atoms with Crippen molar-refractivity contribution in [2.75, 3.05) is 13.1 Å². The highest BCUT2D eigenvalue weighted by molar-refractivity contribution is 5.95. The molecule has 1 heterocycles. The molecule has 16 heavy (non-hydrogen) atoms. The lowest BCUT2D eigenvalue weighted by molar-refractivity contribution is 0.0791. The Morgan fingerprint density at radius 2 is 2.00 bits per heavy atom. The Hall–Kier alpha value is -1.39. The van der Waals surface area contributed by atoms with Crippen LogP contribution in [0.15, 0.2) is 24.3 Å². The first-order chi connectivity index (χ1) is 7.83. The van der Waals surface area contributed by atoms with Crippen molar-refractivity contribution in [1.29, 1.82) is 0 Å². The molecule has 2 rings (SSSR count). The van der Waals surface area contributed by atoms with E-state index in [0.717, 1.165) is 37.1 Å². The molecule has 0 bridgehead atoms. The van der Waals surface area contributed by atoms with Gasteiger partial charge in [0.2, 0.25) is 0 Å². The molecule has 0 unspecified atom stereocenters. The first-order valence-corrected chi connectivity index (χ1v) is 5.63. The van der Waals surface area contributed by atoms with Gasteiger partial charge in [0.15, 0.2) is 0 Å². The van der Waals surface area contributed by atoms with E-state index in [2.05, 4.69) is 5.43 Å². The van der Waals surface area contributed by atoms with E-state index < -0.39 is 0 Å². The predicted octanol–water partition coefficient (Wildman–Crippen LogP) is 0.886. The SMILES string of the molecule is NNCc1ccccc1C(=O)N1CCCC1. The third-order valence-electron chi connectivity index (χ3n) is 2.93. The topological polar surface area (TPSA) is 58.4 Å². The number of likely N-dealkylation sites (tertiary alicyclic amines) is 1. The molecular weight excluding hydrogens is 202 g/mol. The molecule has 1 aromatic rings. The summed E-state index contributed by atoms with van der Waals surface area (Å²) in [6, 6.07) is 7.62. The highest BCUT2D eigenvalue weighted by atomic mass is 16.2. The molecule has 3 N–H and O–H groups in total. The summed E-state index contributed by atoms with van der Waals surface area (Å²) in [5.41, 5.74) is 4.33. The lowest BCUT2D eigenvalue weighted by atomic mass is 10.1. The van der Waals surface area contributed by atoms with Crippen LogP contribution in [0.2, 0.25) is 0 Å². The molecule has 1 aromatic carbocycles. The smallest absolute Gasteiger partial charge is 0.254 e. The maximum atomic E-state index is 12.2. The van der Waals surface area contributed by atoms with Crippen molar-refractivity contribution in [2.45, 2.75) is 19.4 Å². The van der Waals surface area contributed by atoms with Crippen LogP contribution < -0.4 is 11.3 Å². The van der Waals surface area contributed by atoms with Crippen LogP contribution in [0.4, 0.5) is 0 Å². The molecule has 4 heteroatoms. The second-order valence-electron chi connectivity index (χ2n) is 4.04. The predicted molar refractivity (Wildman–Crippen MR) is 62.6 cm³/mol. The van der Waals surface area contributed by atoms with Crippen LogP contribution in [0.1, 0.15) is 28.8 Å². The fourth-order valence-electron chi connectivity index (χ4n) is 2.08. The van der Waals surface area contributed by atoms with E-state index in [0.29, 0.717) is 6.54 Å². The Balaban J connectivity index is 2.21. The summed E-state index contributed by atoms with van der Waals surface area (Å²) in [6.07, 6.45) is 2.23. The molecule has 86 valence electrons. The minimum absolute atomic E-state index is 0.128. The number of hydrazine groups is 1. The van der Waals surface area contributed by atoms with Gasteiger partial charge in [0.25, 0.3) is 5.91 Å². The van der Waals surface area contributed by atoms with Crippen LogP contribution in [-0.2, 0) is 6.54 Å². The third-order valence-corrected chi connectivity index (χ3v) is 2.93. The normalized spacial score (nSPS) is 15.4. The van der Waals surface area contributed by atoms with Gasteiger partial charge in [-0.1, -0.05) is 18.2 Å². The number of nitrogens with zero attached hydrogens (tertiary/aromatic N) is 1. The second-order valence-corrected chi connectivity index (χ2v) is 4.04.